The van der Waals surface area contributed by atoms with Crippen LogP contribution in [0.5, 0.6) is 0 Å². The lowest BCUT2D eigenvalue weighted by Crippen LogP contribution is -2.24. The van der Waals surface area contributed by atoms with Crippen LogP contribution in [0.3, 0.4) is 0 Å². The maximum absolute atomic E-state index is 11.7. The van der Waals surface area contributed by atoms with Gasteiger partial charge in [-0.15, -0.1) is 23.5 Å². The van der Waals surface area contributed by atoms with E-state index in [1.165, 1.54) is 37.4 Å². The summed E-state index contributed by atoms with van der Waals surface area (Å²) in [6, 6.07) is 29.9. The summed E-state index contributed by atoms with van der Waals surface area (Å²) in [6.07, 6.45) is 1.23. The molecule has 2 nitrogen and oxygen atoms in total. The Morgan fingerprint density at radius 1 is 0.875 bits per heavy atom. The largest absolute Gasteiger partial charge is 0.461 e. The zero-order valence-electron chi connectivity index (χ0n) is 18.1. The van der Waals surface area contributed by atoms with Crippen molar-refractivity contribution < 1.29 is 9.53 Å². The van der Waals surface area contributed by atoms with Crippen molar-refractivity contribution in [1.29, 1.82) is 0 Å². The first kappa shape index (κ1) is 22.5. The predicted octanol–water partition coefficient (Wildman–Crippen LogP) is 7.61. The summed E-state index contributed by atoms with van der Waals surface area (Å²) in [5.74, 6) is 0.902. The van der Waals surface area contributed by atoms with Crippen molar-refractivity contribution in [3.8, 4) is 0 Å². The molecule has 0 N–H and O–H groups in total. The van der Waals surface area contributed by atoms with Crippen LogP contribution in [0.4, 0.5) is 0 Å². The third kappa shape index (κ3) is 5.76. The van der Waals surface area contributed by atoms with E-state index in [0.717, 1.165) is 5.75 Å². The first-order valence-corrected chi connectivity index (χ1v) is 12.5. The number of esters is 1. The maximum atomic E-state index is 11.7. The minimum atomic E-state index is -0.372. The fraction of sp³-hybridized carbons (Fsp3) is 0.179. The van der Waals surface area contributed by atoms with Crippen molar-refractivity contribution in [3.63, 3.8) is 0 Å². The molecule has 32 heavy (non-hydrogen) atoms. The molecule has 4 heteroatoms. The molecule has 4 aromatic rings. The van der Waals surface area contributed by atoms with E-state index in [0.29, 0.717) is 12.5 Å². The van der Waals surface area contributed by atoms with Crippen LogP contribution in [0, 0.1) is 5.92 Å². The molecule has 0 heterocycles. The Hall–Kier alpha value is -2.69. The number of hydrogen-bond donors (Lipinski definition) is 0. The molecule has 0 aliphatic carbocycles. The van der Waals surface area contributed by atoms with Crippen molar-refractivity contribution >= 4 is 51.0 Å². The van der Waals surface area contributed by atoms with Crippen molar-refractivity contribution in [2.75, 3.05) is 12.4 Å². The monoisotopic (exact) mass is 458 g/mol. The Kier molecular flexibility index (Phi) is 7.56. The van der Waals surface area contributed by atoms with Gasteiger partial charge in [-0.3, -0.25) is 0 Å². The molecule has 4 aromatic carbocycles. The molecule has 0 saturated heterocycles. The van der Waals surface area contributed by atoms with Gasteiger partial charge in [0, 0.05) is 26.9 Å². The molecular formula is C28H26O2S2. The van der Waals surface area contributed by atoms with E-state index in [-0.39, 0.29) is 11.2 Å². The standard InChI is InChI=1S/C28H26O2S2/c1-3-28(29)30-18-27(32-26-15-13-22-9-5-7-11-24(22)17-26)20(2)19-31-25-14-12-21-8-4-6-10-23(21)16-25/h3-17,20,27H,1,18-19H2,2H3. The molecule has 0 radical (unpaired) electrons. The van der Waals surface area contributed by atoms with Gasteiger partial charge in [-0.1, -0.05) is 74.2 Å². The fourth-order valence-electron chi connectivity index (χ4n) is 3.55. The van der Waals surface area contributed by atoms with E-state index in [2.05, 4.69) is 98.4 Å². The molecule has 0 saturated carbocycles. The summed E-state index contributed by atoms with van der Waals surface area (Å²) in [7, 11) is 0. The Morgan fingerprint density at radius 3 is 2.06 bits per heavy atom. The van der Waals surface area contributed by atoms with Gasteiger partial charge >= 0.3 is 5.97 Å². The Balaban J connectivity index is 1.47. The molecule has 0 aromatic heterocycles. The summed E-state index contributed by atoms with van der Waals surface area (Å²) in [5, 5.41) is 5.11. The lowest BCUT2D eigenvalue weighted by molar-refractivity contribution is -0.137. The maximum Gasteiger partial charge on any atom is 0.330 e. The molecule has 4 rings (SSSR count). The van der Waals surface area contributed by atoms with E-state index < -0.39 is 0 Å². The first-order valence-electron chi connectivity index (χ1n) is 10.7. The third-order valence-corrected chi connectivity index (χ3v) is 8.14. The fourth-order valence-corrected chi connectivity index (χ4v) is 5.89. The molecule has 2 unspecified atom stereocenters. The zero-order valence-corrected chi connectivity index (χ0v) is 19.7. The Morgan fingerprint density at radius 2 is 1.44 bits per heavy atom. The SMILES string of the molecule is C=CC(=O)OCC(Sc1ccc2ccccc2c1)C(C)CSc1ccc2ccccc2c1. The number of carbonyl (C=O) groups excluding carboxylic acids is 1. The predicted molar refractivity (Wildman–Crippen MR) is 139 cm³/mol. The molecule has 162 valence electrons. The molecule has 0 aliphatic heterocycles. The number of thioether (sulfide) groups is 2. The van der Waals surface area contributed by atoms with Crippen LogP contribution in [0.1, 0.15) is 6.92 Å². The van der Waals surface area contributed by atoms with Crippen LogP contribution in [-0.4, -0.2) is 23.6 Å². The van der Waals surface area contributed by atoms with Gasteiger partial charge < -0.3 is 4.74 Å². The molecule has 0 aliphatic rings. The van der Waals surface area contributed by atoms with Crippen LogP contribution in [0.25, 0.3) is 21.5 Å². The van der Waals surface area contributed by atoms with Crippen molar-refractivity contribution in [3.05, 3.63) is 97.6 Å². The van der Waals surface area contributed by atoms with E-state index in [1.54, 1.807) is 11.8 Å². The summed E-state index contributed by atoms with van der Waals surface area (Å²) < 4.78 is 5.46. The number of hydrogen-bond acceptors (Lipinski definition) is 4. The number of benzene rings is 4. The average Bonchev–Trinajstić information content (AvgIpc) is 2.84. The van der Waals surface area contributed by atoms with Crippen LogP contribution in [0.2, 0.25) is 0 Å². The molecular weight excluding hydrogens is 432 g/mol. The van der Waals surface area contributed by atoms with Crippen LogP contribution < -0.4 is 0 Å². The summed E-state index contributed by atoms with van der Waals surface area (Å²) >= 11 is 3.63. The number of fused-ring (bicyclic) bond motifs is 2. The second-order valence-electron chi connectivity index (χ2n) is 7.80. The lowest BCUT2D eigenvalue weighted by atomic mass is 10.1. The van der Waals surface area contributed by atoms with Gasteiger partial charge in [0.25, 0.3) is 0 Å². The highest BCUT2D eigenvalue weighted by Gasteiger charge is 2.21. The van der Waals surface area contributed by atoms with Gasteiger partial charge in [0.05, 0.1) is 0 Å². The Bertz CT molecular complexity index is 1230. The van der Waals surface area contributed by atoms with Crippen LogP contribution in [0.15, 0.2) is 107 Å². The highest BCUT2D eigenvalue weighted by Crippen LogP contribution is 2.34. The average molecular weight is 459 g/mol. The van der Waals surface area contributed by atoms with E-state index in [4.69, 9.17) is 4.74 Å². The van der Waals surface area contributed by atoms with Gasteiger partial charge in [-0.25, -0.2) is 4.79 Å². The zero-order chi connectivity index (χ0) is 22.3. The van der Waals surface area contributed by atoms with Crippen LogP contribution in [-0.2, 0) is 9.53 Å². The second kappa shape index (κ2) is 10.8. The minimum Gasteiger partial charge on any atom is -0.461 e. The van der Waals surface area contributed by atoms with E-state index >= 15 is 0 Å². The van der Waals surface area contributed by atoms with E-state index in [1.807, 2.05) is 11.8 Å². The second-order valence-corrected chi connectivity index (χ2v) is 10.2. The normalized spacial score (nSPS) is 13.0. The topological polar surface area (TPSA) is 26.3 Å². The van der Waals surface area contributed by atoms with Gasteiger partial charge in [-0.2, -0.15) is 0 Å². The summed E-state index contributed by atoms with van der Waals surface area (Å²) in [4.78, 5) is 14.2. The van der Waals surface area contributed by atoms with Gasteiger partial charge in [0.1, 0.15) is 6.61 Å². The smallest absolute Gasteiger partial charge is 0.330 e. The first-order chi connectivity index (χ1) is 15.6. The van der Waals surface area contributed by atoms with E-state index in [9.17, 15) is 4.79 Å². The quantitative estimate of drug-likeness (QED) is 0.146. The number of ether oxygens (including phenoxy) is 1. The number of carbonyl (C=O) groups is 1. The highest BCUT2D eigenvalue weighted by atomic mass is 32.2. The van der Waals surface area contributed by atoms with Crippen LogP contribution >= 0.6 is 23.5 Å². The van der Waals surface area contributed by atoms with Gasteiger partial charge in [0.15, 0.2) is 0 Å². The minimum absolute atomic E-state index is 0.146. The van der Waals surface area contributed by atoms with Crippen molar-refractivity contribution in [2.24, 2.45) is 5.92 Å². The molecule has 0 amide bonds. The van der Waals surface area contributed by atoms with Gasteiger partial charge in [0.2, 0.25) is 0 Å². The lowest BCUT2D eigenvalue weighted by Gasteiger charge is -2.23. The molecule has 0 bridgehead atoms. The third-order valence-electron chi connectivity index (χ3n) is 5.43. The van der Waals surface area contributed by atoms with Crippen molar-refractivity contribution in [2.45, 2.75) is 22.0 Å². The Labute approximate surface area is 198 Å². The summed E-state index contributed by atoms with van der Waals surface area (Å²) in [6.45, 7) is 6.11. The summed E-state index contributed by atoms with van der Waals surface area (Å²) in [5.41, 5.74) is 0. The molecule has 0 spiro atoms. The van der Waals surface area contributed by atoms with Gasteiger partial charge in [-0.05, 0) is 51.7 Å². The molecule has 0 fully saturated rings. The molecule has 2 atom stereocenters. The highest BCUT2D eigenvalue weighted by molar-refractivity contribution is 8.00. The van der Waals surface area contributed by atoms with Crippen molar-refractivity contribution in [1.82, 2.24) is 0 Å². The number of rotatable bonds is 9.